The minimum Gasteiger partial charge on any atom is -0.379 e. The molecule has 1 saturated heterocycles. The maximum Gasteiger partial charge on any atom is 0.163 e. The fraction of sp³-hybridized carbons (Fsp3) is 0.294. The summed E-state index contributed by atoms with van der Waals surface area (Å²) in [6, 6.07) is 16.8. The number of hydrogen-bond acceptors (Lipinski definition) is 4. The third-order valence-electron chi connectivity index (χ3n) is 3.79. The van der Waals surface area contributed by atoms with Gasteiger partial charge in [0.25, 0.3) is 0 Å². The summed E-state index contributed by atoms with van der Waals surface area (Å²) in [5, 5.41) is 12.5. The second-order valence-electron chi connectivity index (χ2n) is 5.36. The summed E-state index contributed by atoms with van der Waals surface area (Å²) in [5.74, 6) is 0. The van der Waals surface area contributed by atoms with Crippen LogP contribution in [0.25, 0.3) is 0 Å². The number of nitriles is 1. The third-order valence-corrected chi connectivity index (χ3v) is 3.79. The molecule has 0 saturated carbocycles. The molecule has 2 aromatic rings. The highest BCUT2D eigenvalue weighted by Gasteiger charge is 2.22. The number of nitrogens with one attached hydrogen (secondary N) is 1. The van der Waals surface area contributed by atoms with Crippen LogP contribution in [-0.2, 0) is 6.54 Å². The van der Waals surface area contributed by atoms with Gasteiger partial charge in [-0.3, -0.25) is 4.90 Å². The zero-order chi connectivity index (χ0) is 14.5. The van der Waals surface area contributed by atoms with Crippen LogP contribution in [0.3, 0.4) is 0 Å². The fourth-order valence-corrected chi connectivity index (χ4v) is 2.77. The van der Waals surface area contributed by atoms with Crippen molar-refractivity contribution >= 4 is 5.69 Å². The highest BCUT2D eigenvalue weighted by atomic mass is 15.2. The van der Waals surface area contributed by atoms with Gasteiger partial charge < -0.3 is 5.32 Å². The predicted molar refractivity (Wildman–Crippen MR) is 82.7 cm³/mol. The second-order valence-corrected chi connectivity index (χ2v) is 5.36. The molecule has 0 bridgehead atoms. The highest BCUT2D eigenvalue weighted by molar-refractivity contribution is 5.54. The van der Waals surface area contributed by atoms with E-state index in [2.05, 4.69) is 45.5 Å². The molecule has 1 aromatic carbocycles. The maximum atomic E-state index is 9.08. The summed E-state index contributed by atoms with van der Waals surface area (Å²) >= 11 is 0. The van der Waals surface area contributed by atoms with E-state index in [1.165, 1.54) is 5.56 Å². The van der Waals surface area contributed by atoms with Gasteiger partial charge in [-0.25, -0.2) is 4.98 Å². The van der Waals surface area contributed by atoms with Crippen LogP contribution in [-0.4, -0.2) is 29.0 Å². The number of rotatable bonds is 4. The van der Waals surface area contributed by atoms with Crippen LogP contribution in [0.5, 0.6) is 0 Å². The van der Waals surface area contributed by atoms with E-state index in [1.54, 1.807) is 6.20 Å². The third kappa shape index (κ3) is 3.39. The molecular weight excluding hydrogens is 260 g/mol. The van der Waals surface area contributed by atoms with Gasteiger partial charge in [0.15, 0.2) is 5.69 Å². The molecule has 0 radical (unpaired) electrons. The lowest BCUT2D eigenvalue weighted by Gasteiger charge is -2.17. The summed E-state index contributed by atoms with van der Waals surface area (Å²) in [6.07, 6.45) is 2.74. The minimum atomic E-state index is 0.380. The van der Waals surface area contributed by atoms with Gasteiger partial charge in [0.05, 0.1) is 5.69 Å². The molecule has 1 unspecified atom stereocenters. The molecule has 1 fully saturated rings. The number of nitrogens with zero attached hydrogens (tertiary/aromatic N) is 3. The molecule has 0 amide bonds. The Morgan fingerprint density at radius 2 is 2.10 bits per heavy atom. The van der Waals surface area contributed by atoms with Gasteiger partial charge in [-0.15, -0.1) is 0 Å². The Hall–Kier alpha value is -2.38. The first-order chi connectivity index (χ1) is 10.3. The molecular formula is C17H18N4. The molecule has 21 heavy (non-hydrogen) atoms. The van der Waals surface area contributed by atoms with E-state index >= 15 is 0 Å². The van der Waals surface area contributed by atoms with Gasteiger partial charge in [-0.1, -0.05) is 30.3 Å². The number of hydrogen-bond donors (Lipinski definition) is 1. The van der Waals surface area contributed by atoms with Gasteiger partial charge in [-0.05, 0) is 24.1 Å². The van der Waals surface area contributed by atoms with Crippen molar-refractivity contribution in [2.75, 3.05) is 18.4 Å². The summed E-state index contributed by atoms with van der Waals surface area (Å²) in [4.78, 5) is 6.53. The monoisotopic (exact) mass is 278 g/mol. The number of benzene rings is 1. The van der Waals surface area contributed by atoms with E-state index in [9.17, 15) is 0 Å². The number of aromatic nitrogens is 1. The summed E-state index contributed by atoms with van der Waals surface area (Å²) in [5.41, 5.74) is 2.66. The molecule has 1 atom stereocenters. The minimum absolute atomic E-state index is 0.380. The zero-order valence-electron chi connectivity index (χ0n) is 11.9. The average Bonchev–Trinajstić information content (AvgIpc) is 2.96. The van der Waals surface area contributed by atoms with Crippen LogP contribution in [0.1, 0.15) is 17.7 Å². The topological polar surface area (TPSA) is 52.0 Å². The molecule has 1 aliphatic rings. The molecule has 4 heteroatoms. The Balaban J connectivity index is 1.59. The van der Waals surface area contributed by atoms with Crippen molar-refractivity contribution in [3.8, 4) is 6.07 Å². The van der Waals surface area contributed by atoms with Gasteiger partial charge in [-0.2, -0.15) is 5.26 Å². The first-order valence-corrected chi connectivity index (χ1v) is 7.23. The van der Waals surface area contributed by atoms with Crippen LogP contribution in [0.2, 0.25) is 0 Å². The molecule has 106 valence electrons. The molecule has 3 rings (SSSR count). The van der Waals surface area contributed by atoms with Crippen molar-refractivity contribution in [1.82, 2.24) is 9.88 Å². The first-order valence-electron chi connectivity index (χ1n) is 7.23. The molecule has 1 aromatic heterocycles. The van der Waals surface area contributed by atoms with Crippen LogP contribution in [0.15, 0.2) is 48.7 Å². The van der Waals surface area contributed by atoms with Gasteiger partial charge in [0, 0.05) is 31.9 Å². The molecule has 4 nitrogen and oxygen atoms in total. The van der Waals surface area contributed by atoms with Crippen molar-refractivity contribution in [3.05, 3.63) is 59.9 Å². The summed E-state index contributed by atoms with van der Waals surface area (Å²) < 4.78 is 0. The Labute approximate surface area is 125 Å². The quantitative estimate of drug-likeness (QED) is 0.934. The summed E-state index contributed by atoms with van der Waals surface area (Å²) in [7, 11) is 0. The molecule has 1 aliphatic heterocycles. The first kappa shape index (κ1) is 13.6. The molecule has 0 spiro atoms. The standard InChI is InChI=1S/C17H18N4/c18-11-17-16(7-4-9-19-17)20-15-8-10-21(13-15)12-14-5-2-1-3-6-14/h1-7,9,15,20H,8,10,12-13H2. The fourth-order valence-electron chi connectivity index (χ4n) is 2.77. The van der Waals surface area contributed by atoms with Crippen LogP contribution < -0.4 is 5.32 Å². The van der Waals surface area contributed by atoms with E-state index in [4.69, 9.17) is 5.26 Å². The van der Waals surface area contributed by atoms with Crippen molar-refractivity contribution < 1.29 is 0 Å². The van der Waals surface area contributed by atoms with E-state index in [1.807, 2.05) is 18.2 Å². The maximum absolute atomic E-state index is 9.08. The van der Waals surface area contributed by atoms with Gasteiger partial charge in [0.2, 0.25) is 0 Å². The Morgan fingerprint density at radius 3 is 2.90 bits per heavy atom. The number of likely N-dealkylation sites (tertiary alicyclic amines) is 1. The van der Waals surface area contributed by atoms with E-state index in [-0.39, 0.29) is 0 Å². The van der Waals surface area contributed by atoms with Crippen LogP contribution >= 0.6 is 0 Å². The highest BCUT2D eigenvalue weighted by Crippen LogP contribution is 2.19. The zero-order valence-corrected chi connectivity index (χ0v) is 11.9. The molecule has 0 aliphatic carbocycles. The Morgan fingerprint density at radius 1 is 1.24 bits per heavy atom. The van der Waals surface area contributed by atoms with E-state index in [0.29, 0.717) is 11.7 Å². The Bertz CT molecular complexity index is 633. The summed E-state index contributed by atoms with van der Waals surface area (Å²) in [6.45, 7) is 3.06. The van der Waals surface area contributed by atoms with Crippen molar-refractivity contribution in [2.24, 2.45) is 0 Å². The normalized spacial score (nSPS) is 18.3. The van der Waals surface area contributed by atoms with E-state index < -0.39 is 0 Å². The van der Waals surface area contributed by atoms with Gasteiger partial charge >= 0.3 is 0 Å². The lowest BCUT2D eigenvalue weighted by atomic mass is 10.2. The lowest BCUT2D eigenvalue weighted by molar-refractivity contribution is 0.328. The van der Waals surface area contributed by atoms with Crippen LogP contribution in [0.4, 0.5) is 5.69 Å². The lowest BCUT2D eigenvalue weighted by Crippen LogP contribution is -2.26. The second kappa shape index (κ2) is 6.38. The van der Waals surface area contributed by atoms with Gasteiger partial charge in [0.1, 0.15) is 6.07 Å². The average molecular weight is 278 g/mol. The van der Waals surface area contributed by atoms with Crippen molar-refractivity contribution in [3.63, 3.8) is 0 Å². The number of pyridine rings is 1. The predicted octanol–water partition coefficient (Wildman–Crippen LogP) is 2.64. The SMILES string of the molecule is N#Cc1ncccc1NC1CCN(Cc2ccccc2)C1. The molecule has 2 heterocycles. The smallest absolute Gasteiger partial charge is 0.163 e. The Kier molecular flexibility index (Phi) is 4.13. The van der Waals surface area contributed by atoms with Crippen LogP contribution in [0, 0.1) is 11.3 Å². The van der Waals surface area contributed by atoms with Crippen molar-refractivity contribution in [1.29, 1.82) is 5.26 Å². The number of anilines is 1. The van der Waals surface area contributed by atoms with Crippen molar-refractivity contribution in [2.45, 2.75) is 19.0 Å². The largest absolute Gasteiger partial charge is 0.379 e. The van der Waals surface area contributed by atoms with E-state index in [0.717, 1.165) is 31.7 Å². The molecule has 1 N–H and O–H groups in total.